The first-order valence-corrected chi connectivity index (χ1v) is 5.60. The minimum absolute atomic E-state index is 0.425. The predicted molar refractivity (Wildman–Crippen MR) is 61.1 cm³/mol. The Morgan fingerprint density at radius 1 is 1.62 bits per heavy atom. The molecule has 0 spiro atoms. The van der Waals surface area contributed by atoms with Gasteiger partial charge in [-0.2, -0.15) is 0 Å². The first-order chi connectivity index (χ1) is 7.75. The van der Waals surface area contributed by atoms with E-state index in [0.29, 0.717) is 18.3 Å². The van der Waals surface area contributed by atoms with Gasteiger partial charge in [-0.15, -0.1) is 0 Å². The summed E-state index contributed by atoms with van der Waals surface area (Å²) in [7, 11) is 0. The van der Waals surface area contributed by atoms with E-state index in [0.717, 1.165) is 5.92 Å². The molecule has 1 aliphatic carbocycles. The maximum absolute atomic E-state index is 11.4. The topological polar surface area (TPSA) is 51.2 Å². The van der Waals surface area contributed by atoms with E-state index in [1.165, 1.54) is 12.8 Å². The highest BCUT2D eigenvalue weighted by atomic mass is 16.5. The fourth-order valence-electron chi connectivity index (χ4n) is 1.59. The van der Waals surface area contributed by atoms with E-state index in [-0.39, 0.29) is 0 Å². The molecule has 1 amide bonds. The molecule has 0 saturated heterocycles. The summed E-state index contributed by atoms with van der Waals surface area (Å²) >= 11 is 0. The molecule has 1 saturated carbocycles. The second-order valence-corrected chi connectivity index (χ2v) is 4.25. The predicted octanol–water partition coefficient (Wildman–Crippen LogP) is 2.68. The molecule has 4 heteroatoms. The van der Waals surface area contributed by atoms with Gasteiger partial charge >= 0.3 is 6.09 Å². The Kier molecular flexibility index (Phi) is 3.39. The summed E-state index contributed by atoms with van der Waals surface area (Å²) in [4.78, 5) is 15.4. The summed E-state index contributed by atoms with van der Waals surface area (Å²) in [6.07, 6.45) is 3.74. The molecule has 0 radical (unpaired) electrons. The number of nitrogens with one attached hydrogen (secondary N) is 1. The van der Waals surface area contributed by atoms with Gasteiger partial charge in [-0.1, -0.05) is 13.0 Å². The Bertz CT molecular complexity index is 349. The molecule has 1 unspecified atom stereocenters. The minimum atomic E-state index is -0.425. The van der Waals surface area contributed by atoms with Crippen LogP contribution in [0, 0.1) is 11.8 Å². The molecular weight excluding hydrogens is 204 g/mol. The Hall–Kier alpha value is -1.58. The van der Waals surface area contributed by atoms with Gasteiger partial charge in [0.2, 0.25) is 0 Å². The van der Waals surface area contributed by atoms with Gasteiger partial charge in [0.1, 0.15) is 5.82 Å². The number of amides is 1. The van der Waals surface area contributed by atoms with Crippen LogP contribution in [0.25, 0.3) is 0 Å². The van der Waals surface area contributed by atoms with Crippen molar-refractivity contribution in [2.45, 2.75) is 19.8 Å². The van der Waals surface area contributed by atoms with Crippen LogP contribution >= 0.6 is 0 Å². The van der Waals surface area contributed by atoms with Crippen LogP contribution in [0.15, 0.2) is 24.4 Å². The molecule has 4 nitrogen and oxygen atoms in total. The van der Waals surface area contributed by atoms with E-state index < -0.39 is 6.09 Å². The zero-order chi connectivity index (χ0) is 11.4. The SMILES string of the molecule is CC(COC(=O)Nc1ccccn1)C1CC1. The van der Waals surface area contributed by atoms with Crippen LogP contribution in [0.2, 0.25) is 0 Å². The van der Waals surface area contributed by atoms with Crippen LogP contribution in [0.5, 0.6) is 0 Å². The molecule has 2 rings (SSSR count). The molecule has 1 fully saturated rings. The number of anilines is 1. The quantitative estimate of drug-likeness (QED) is 0.848. The monoisotopic (exact) mass is 220 g/mol. The Labute approximate surface area is 95.0 Å². The van der Waals surface area contributed by atoms with Crippen molar-refractivity contribution in [3.05, 3.63) is 24.4 Å². The molecule has 0 aliphatic heterocycles. The van der Waals surface area contributed by atoms with E-state index >= 15 is 0 Å². The second-order valence-electron chi connectivity index (χ2n) is 4.25. The van der Waals surface area contributed by atoms with E-state index in [1.807, 2.05) is 6.07 Å². The van der Waals surface area contributed by atoms with Crippen molar-refractivity contribution in [2.75, 3.05) is 11.9 Å². The highest BCUT2D eigenvalue weighted by molar-refractivity contribution is 5.83. The smallest absolute Gasteiger partial charge is 0.412 e. The average molecular weight is 220 g/mol. The minimum Gasteiger partial charge on any atom is -0.449 e. The summed E-state index contributed by atoms with van der Waals surface area (Å²) in [5, 5.41) is 2.58. The van der Waals surface area contributed by atoms with Gasteiger partial charge in [0.15, 0.2) is 0 Å². The van der Waals surface area contributed by atoms with Crippen molar-refractivity contribution >= 4 is 11.9 Å². The molecule has 1 heterocycles. The number of hydrogen-bond acceptors (Lipinski definition) is 3. The van der Waals surface area contributed by atoms with E-state index in [2.05, 4.69) is 17.2 Å². The third-order valence-corrected chi connectivity index (χ3v) is 2.80. The number of carbonyl (C=O) groups is 1. The van der Waals surface area contributed by atoms with Gasteiger partial charge < -0.3 is 4.74 Å². The molecule has 1 aromatic rings. The van der Waals surface area contributed by atoms with Crippen LogP contribution in [-0.2, 0) is 4.74 Å². The normalized spacial score (nSPS) is 16.6. The number of ether oxygens (including phenoxy) is 1. The molecule has 1 N–H and O–H groups in total. The molecule has 1 aliphatic rings. The Morgan fingerprint density at radius 3 is 3.06 bits per heavy atom. The fraction of sp³-hybridized carbons (Fsp3) is 0.500. The molecule has 0 bridgehead atoms. The van der Waals surface area contributed by atoms with Crippen LogP contribution in [0.1, 0.15) is 19.8 Å². The van der Waals surface area contributed by atoms with Crippen LogP contribution < -0.4 is 5.32 Å². The largest absolute Gasteiger partial charge is 0.449 e. The van der Waals surface area contributed by atoms with Gasteiger partial charge in [0.25, 0.3) is 0 Å². The number of aromatic nitrogens is 1. The van der Waals surface area contributed by atoms with Crippen LogP contribution in [-0.4, -0.2) is 17.7 Å². The van der Waals surface area contributed by atoms with Gasteiger partial charge in [0, 0.05) is 6.20 Å². The second kappa shape index (κ2) is 4.96. The van der Waals surface area contributed by atoms with Gasteiger partial charge in [-0.05, 0) is 36.8 Å². The lowest BCUT2D eigenvalue weighted by molar-refractivity contribution is 0.139. The molecule has 86 valence electrons. The molecular formula is C12H16N2O2. The molecule has 1 atom stereocenters. The fourth-order valence-corrected chi connectivity index (χ4v) is 1.59. The van der Waals surface area contributed by atoms with Crippen LogP contribution in [0.4, 0.5) is 10.6 Å². The highest BCUT2D eigenvalue weighted by Gasteiger charge is 2.28. The van der Waals surface area contributed by atoms with Crippen molar-refractivity contribution in [3.63, 3.8) is 0 Å². The third kappa shape index (κ3) is 3.22. The first kappa shape index (κ1) is 10.9. The summed E-state index contributed by atoms with van der Waals surface area (Å²) in [6.45, 7) is 2.61. The highest BCUT2D eigenvalue weighted by Crippen LogP contribution is 2.36. The van der Waals surface area contributed by atoms with Gasteiger partial charge in [-0.3, -0.25) is 5.32 Å². The maximum Gasteiger partial charge on any atom is 0.412 e. The zero-order valence-electron chi connectivity index (χ0n) is 9.35. The molecule has 0 aromatic carbocycles. The summed E-state index contributed by atoms with van der Waals surface area (Å²) in [5.74, 6) is 1.74. The Morgan fingerprint density at radius 2 is 2.44 bits per heavy atom. The number of nitrogens with zero attached hydrogens (tertiary/aromatic N) is 1. The number of pyridine rings is 1. The summed E-state index contributed by atoms with van der Waals surface area (Å²) < 4.78 is 5.12. The Balaban J connectivity index is 1.72. The van der Waals surface area contributed by atoms with Crippen molar-refractivity contribution in [1.29, 1.82) is 0 Å². The van der Waals surface area contributed by atoms with E-state index in [1.54, 1.807) is 18.3 Å². The van der Waals surface area contributed by atoms with Crippen molar-refractivity contribution in [2.24, 2.45) is 11.8 Å². The standard InChI is InChI=1S/C12H16N2O2/c1-9(10-5-6-10)8-16-12(15)14-11-4-2-3-7-13-11/h2-4,7,9-10H,5-6,8H2,1H3,(H,13,14,15). The van der Waals surface area contributed by atoms with Crippen molar-refractivity contribution < 1.29 is 9.53 Å². The lowest BCUT2D eigenvalue weighted by Crippen LogP contribution is -2.18. The lowest BCUT2D eigenvalue weighted by atomic mass is 10.1. The van der Waals surface area contributed by atoms with Gasteiger partial charge in [0.05, 0.1) is 6.61 Å². The molecule has 16 heavy (non-hydrogen) atoms. The van der Waals surface area contributed by atoms with E-state index in [9.17, 15) is 4.79 Å². The van der Waals surface area contributed by atoms with E-state index in [4.69, 9.17) is 4.74 Å². The average Bonchev–Trinajstić information content (AvgIpc) is 3.11. The number of hydrogen-bond donors (Lipinski definition) is 1. The zero-order valence-corrected chi connectivity index (χ0v) is 9.35. The third-order valence-electron chi connectivity index (χ3n) is 2.80. The lowest BCUT2D eigenvalue weighted by Gasteiger charge is -2.11. The molecule has 1 aromatic heterocycles. The van der Waals surface area contributed by atoms with Crippen molar-refractivity contribution in [3.8, 4) is 0 Å². The summed E-state index contributed by atoms with van der Waals surface area (Å²) in [6, 6.07) is 5.34. The summed E-state index contributed by atoms with van der Waals surface area (Å²) in [5.41, 5.74) is 0. The first-order valence-electron chi connectivity index (χ1n) is 5.60. The number of rotatable bonds is 4. The maximum atomic E-state index is 11.4. The number of carbonyl (C=O) groups excluding carboxylic acids is 1. The van der Waals surface area contributed by atoms with Gasteiger partial charge in [-0.25, -0.2) is 9.78 Å². The van der Waals surface area contributed by atoms with Crippen molar-refractivity contribution in [1.82, 2.24) is 4.98 Å². The van der Waals surface area contributed by atoms with Crippen LogP contribution in [0.3, 0.4) is 0 Å².